The van der Waals surface area contributed by atoms with E-state index in [-0.39, 0.29) is 16.5 Å². The Hall–Kier alpha value is -2.84. The van der Waals surface area contributed by atoms with E-state index in [9.17, 15) is 24.3 Å². The van der Waals surface area contributed by atoms with Crippen LogP contribution in [0.2, 0.25) is 10.0 Å². The third-order valence-electron chi connectivity index (χ3n) is 6.99. The fourth-order valence-electron chi connectivity index (χ4n) is 4.89. The van der Waals surface area contributed by atoms with Gasteiger partial charge in [0, 0.05) is 44.5 Å². The number of hydrogen-bond acceptors (Lipinski definition) is 8. The van der Waals surface area contributed by atoms with E-state index in [0.29, 0.717) is 32.6 Å². The van der Waals surface area contributed by atoms with Gasteiger partial charge in [0.25, 0.3) is 5.91 Å². The maximum Gasteiger partial charge on any atom is 0.352 e. The number of rotatable bonds is 11. The van der Waals surface area contributed by atoms with Crippen molar-refractivity contribution in [2.24, 2.45) is 0 Å². The SMILES string of the molecule is O=C(O)C=Cc1cc(Cl)c(SCC(=O)N[C@H]2C(=O)N3C(C(=O)O)=C(CSc4cc[n+](N5CCCC5)cc4)CS[C@H]23)cc1Cl. The van der Waals surface area contributed by atoms with Crippen LogP contribution in [0.5, 0.6) is 0 Å². The zero-order valence-electron chi connectivity index (χ0n) is 22.6. The molecular formula is C28H27Cl2N4O6S3+. The van der Waals surface area contributed by atoms with Gasteiger partial charge in [0.15, 0.2) is 0 Å². The van der Waals surface area contributed by atoms with Gasteiger partial charge < -0.3 is 15.5 Å². The second kappa shape index (κ2) is 13.9. The van der Waals surface area contributed by atoms with Crippen LogP contribution >= 0.6 is 58.5 Å². The average molecular weight is 683 g/mol. The zero-order chi connectivity index (χ0) is 30.7. The van der Waals surface area contributed by atoms with Crippen LogP contribution in [0.15, 0.2) is 63.8 Å². The highest BCUT2D eigenvalue weighted by Crippen LogP contribution is 2.42. The summed E-state index contributed by atoms with van der Waals surface area (Å²) >= 11 is 16.6. The van der Waals surface area contributed by atoms with E-state index in [1.165, 1.54) is 53.4 Å². The van der Waals surface area contributed by atoms with Gasteiger partial charge in [-0.1, -0.05) is 27.9 Å². The number of thioether (sulfide) groups is 3. The average Bonchev–Trinajstić information content (AvgIpc) is 3.53. The van der Waals surface area contributed by atoms with Crippen LogP contribution in [0.25, 0.3) is 6.08 Å². The number of carboxylic acids is 2. The number of nitrogens with one attached hydrogen (secondary N) is 1. The van der Waals surface area contributed by atoms with Crippen LogP contribution in [-0.4, -0.2) is 80.6 Å². The Morgan fingerprint density at radius 3 is 2.49 bits per heavy atom. The number of benzene rings is 1. The summed E-state index contributed by atoms with van der Waals surface area (Å²) in [4.78, 5) is 51.6. The number of pyridine rings is 1. The Labute approximate surface area is 270 Å². The molecule has 3 aliphatic heterocycles. The summed E-state index contributed by atoms with van der Waals surface area (Å²) in [5.41, 5.74) is 1.08. The second-order valence-corrected chi connectivity index (χ2v) is 13.8. The van der Waals surface area contributed by atoms with Gasteiger partial charge in [-0.2, -0.15) is 5.01 Å². The number of fused-ring (bicyclic) bond motifs is 1. The molecule has 43 heavy (non-hydrogen) atoms. The molecule has 2 saturated heterocycles. The summed E-state index contributed by atoms with van der Waals surface area (Å²) in [6.45, 7) is 2.06. The smallest absolute Gasteiger partial charge is 0.352 e. The molecule has 226 valence electrons. The van der Waals surface area contributed by atoms with Gasteiger partial charge in [0.2, 0.25) is 18.3 Å². The minimum Gasteiger partial charge on any atom is -0.478 e. The molecule has 0 unspecified atom stereocenters. The van der Waals surface area contributed by atoms with E-state index >= 15 is 0 Å². The van der Waals surface area contributed by atoms with Crippen molar-refractivity contribution in [1.82, 2.24) is 10.2 Å². The summed E-state index contributed by atoms with van der Waals surface area (Å²) in [6, 6.07) is 6.23. The summed E-state index contributed by atoms with van der Waals surface area (Å²) in [6.07, 6.45) is 8.65. The minimum absolute atomic E-state index is 0.0114. The number of halogens is 2. The summed E-state index contributed by atoms with van der Waals surface area (Å²) in [5, 5.41) is 23.8. The minimum atomic E-state index is -1.16. The first kappa shape index (κ1) is 31.6. The number of nitrogens with zero attached hydrogens (tertiary/aromatic N) is 3. The third-order valence-corrected chi connectivity index (χ3v) is 11.2. The first-order valence-corrected chi connectivity index (χ1v) is 17.0. The van der Waals surface area contributed by atoms with Gasteiger partial charge in [-0.3, -0.25) is 14.5 Å². The first-order valence-electron chi connectivity index (χ1n) is 13.2. The number of aromatic nitrogens is 1. The molecule has 3 N–H and O–H groups in total. The van der Waals surface area contributed by atoms with Crippen molar-refractivity contribution in [1.29, 1.82) is 0 Å². The van der Waals surface area contributed by atoms with Crippen LogP contribution < -0.4 is 15.0 Å². The normalized spacial score (nSPS) is 19.9. The Balaban J connectivity index is 1.17. The van der Waals surface area contributed by atoms with Gasteiger partial charge in [-0.25, -0.2) is 9.59 Å². The number of carboxylic acid groups (broad SMARTS) is 2. The second-order valence-electron chi connectivity index (χ2n) is 9.84. The molecule has 0 bridgehead atoms. The molecule has 2 aromatic rings. The lowest BCUT2D eigenvalue weighted by Gasteiger charge is -2.49. The van der Waals surface area contributed by atoms with Gasteiger partial charge in [-0.15, -0.1) is 35.3 Å². The number of amides is 2. The Morgan fingerprint density at radius 1 is 1.09 bits per heavy atom. The Morgan fingerprint density at radius 2 is 1.81 bits per heavy atom. The van der Waals surface area contributed by atoms with Crippen molar-refractivity contribution in [2.45, 2.75) is 34.0 Å². The van der Waals surface area contributed by atoms with Crippen molar-refractivity contribution in [3.63, 3.8) is 0 Å². The fourth-order valence-corrected chi connectivity index (χ4v) is 8.65. The molecule has 2 amide bonds. The van der Waals surface area contributed by atoms with Crippen molar-refractivity contribution >= 4 is 88.3 Å². The molecule has 15 heteroatoms. The summed E-state index contributed by atoms with van der Waals surface area (Å²) in [5.74, 6) is -2.35. The standard InChI is InChI=1S/C28H26Cl2N4O6S3/c29-19-12-21(20(30)11-16(19)3-4-23(36)37)42-15-22(35)31-24-26(38)34-25(28(39)40)17(14-43-27(24)34)13-41-18-5-9-33(10-6-18)32-7-1-2-8-32/h3-6,9-12,24,27H,1-2,7-8,13-15H2,(H2-,31,35,36,37,39,40)/p+1/t24-,27+/m0/s1. The topological polar surface area (TPSA) is 131 Å². The number of carbonyl (C=O) groups is 4. The number of β-lactam (4-membered cyclic amide) rings is 1. The maximum absolute atomic E-state index is 13.0. The maximum atomic E-state index is 13.0. The summed E-state index contributed by atoms with van der Waals surface area (Å²) < 4.78 is 2.08. The molecule has 1 aromatic heterocycles. The zero-order valence-corrected chi connectivity index (χ0v) is 26.5. The van der Waals surface area contributed by atoms with Gasteiger partial charge in [-0.05, 0) is 42.2 Å². The molecule has 10 nitrogen and oxygen atoms in total. The quantitative estimate of drug-likeness (QED) is 0.140. The predicted octanol–water partition coefficient (Wildman–Crippen LogP) is 3.73. The van der Waals surface area contributed by atoms with Gasteiger partial charge in [0.05, 0.1) is 23.9 Å². The van der Waals surface area contributed by atoms with E-state index in [1.54, 1.807) is 6.07 Å². The monoisotopic (exact) mass is 681 g/mol. The van der Waals surface area contributed by atoms with Crippen LogP contribution in [0, 0.1) is 0 Å². The molecule has 2 fully saturated rings. The van der Waals surface area contributed by atoms with Gasteiger partial charge in [0.1, 0.15) is 17.1 Å². The van der Waals surface area contributed by atoms with Crippen molar-refractivity contribution in [3.05, 3.63) is 69.6 Å². The van der Waals surface area contributed by atoms with E-state index < -0.39 is 35.2 Å². The predicted molar refractivity (Wildman–Crippen MR) is 168 cm³/mol. The number of carbonyl (C=O) groups excluding carboxylic acids is 2. The van der Waals surface area contributed by atoms with E-state index in [4.69, 9.17) is 28.3 Å². The lowest BCUT2D eigenvalue weighted by atomic mass is 10.0. The molecule has 0 aliphatic carbocycles. The van der Waals surface area contributed by atoms with Crippen molar-refractivity contribution in [2.75, 3.05) is 35.4 Å². The summed E-state index contributed by atoms with van der Waals surface area (Å²) in [7, 11) is 0. The third kappa shape index (κ3) is 7.28. The van der Waals surface area contributed by atoms with Crippen LogP contribution in [0.1, 0.15) is 18.4 Å². The van der Waals surface area contributed by atoms with Crippen LogP contribution in [-0.2, 0) is 19.2 Å². The highest BCUT2D eigenvalue weighted by molar-refractivity contribution is 8.01. The number of aliphatic carboxylic acids is 2. The molecule has 0 spiro atoms. The van der Waals surface area contributed by atoms with E-state index in [0.717, 1.165) is 35.8 Å². The molecule has 2 atom stereocenters. The largest absolute Gasteiger partial charge is 0.478 e. The molecule has 1 aromatic carbocycles. The molecule has 0 saturated carbocycles. The highest BCUT2D eigenvalue weighted by Gasteiger charge is 2.54. The molecule has 4 heterocycles. The Kier molecular flexibility index (Phi) is 10.2. The molecule has 0 radical (unpaired) electrons. The van der Waals surface area contributed by atoms with Crippen LogP contribution in [0.3, 0.4) is 0 Å². The fraction of sp³-hybridized carbons (Fsp3) is 0.321. The van der Waals surface area contributed by atoms with E-state index in [1.807, 2.05) is 24.5 Å². The molecule has 5 rings (SSSR count). The number of hydrogen-bond donors (Lipinski definition) is 3. The molecule has 3 aliphatic rings. The van der Waals surface area contributed by atoms with Crippen LogP contribution in [0.4, 0.5) is 0 Å². The Bertz CT molecular complexity index is 1510. The van der Waals surface area contributed by atoms with Crippen molar-refractivity contribution < 1.29 is 34.1 Å². The highest BCUT2D eigenvalue weighted by atomic mass is 35.5. The van der Waals surface area contributed by atoms with Gasteiger partial charge >= 0.3 is 11.9 Å². The lowest BCUT2D eigenvalue weighted by Crippen LogP contribution is -2.70. The lowest BCUT2D eigenvalue weighted by molar-refractivity contribution is -0.691. The van der Waals surface area contributed by atoms with Crippen molar-refractivity contribution in [3.8, 4) is 0 Å². The first-order chi connectivity index (χ1) is 20.6. The molecular weight excluding hydrogens is 655 g/mol. The van der Waals surface area contributed by atoms with E-state index in [2.05, 4.69) is 15.0 Å².